The molecule has 0 saturated carbocycles. The number of carbonyl (C=O) groups excluding carboxylic acids is 2. The number of aliphatic hydroxyl groups excluding tert-OH is 1. The molecule has 730 valence electrons. The summed E-state index contributed by atoms with van der Waals surface area (Å²) in [7, 11) is 0. The molecule has 0 bridgehead atoms. The van der Waals surface area contributed by atoms with Crippen LogP contribution in [-0.4, -0.2) is 56.1 Å². The average molecular weight is 1770 g/mol. The van der Waals surface area contributed by atoms with Gasteiger partial charge in [0.1, 0.15) is 60.8 Å². The van der Waals surface area contributed by atoms with Gasteiger partial charge in [-0.2, -0.15) is 0 Å². The first-order chi connectivity index (χ1) is 62.6. The van der Waals surface area contributed by atoms with Gasteiger partial charge in [-0.05, 0) is 320 Å². The maximum Gasteiger partial charge on any atom is 0.419 e. The average Bonchev–Trinajstić information content (AvgIpc) is 1.68. The summed E-state index contributed by atoms with van der Waals surface area (Å²) >= 11 is 0. The molecule has 14 nitrogen and oxygen atoms in total. The summed E-state index contributed by atoms with van der Waals surface area (Å²) in [6.45, 7) is -0.315. The van der Waals surface area contributed by atoms with E-state index in [1.807, 2.05) is 0 Å². The van der Waals surface area contributed by atoms with Crippen molar-refractivity contribution in [3.63, 3.8) is 0 Å². The van der Waals surface area contributed by atoms with E-state index >= 15 is 0 Å². The second kappa shape index (κ2) is 79.1. The largest absolute Gasteiger partial charge is 0.508 e. The third-order valence-electron chi connectivity index (χ3n) is 9.86. The van der Waals surface area contributed by atoms with Crippen molar-refractivity contribution in [2.24, 2.45) is 0 Å². The molecule has 3 N–H and O–H groups in total. The number of hydrogen-bond donors (Lipinski definition) is 3. The Morgan fingerprint density at radius 1 is 0.268 bits per heavy atom. The summed E-state index contributed by atoms with van der Waals surface area (Å²) in [6.07, 6.45) is 46.9. The first-order valence-electron chi connectivity index (χ1n) is 32.7. The number of carbonyl (C=O) groups is 2. The smallest absolute Gasteiger partial charge is 0.419 e. The number of rotatable bonds is 5. The molecule has 0 atom stereocenters. The van der Waals surface area contributed by atoms with Gasteiger partial charge in [-0.25, -0.2) is 29.1 Å². The number of phenolic OH excluding ortho intramolecular Hbond substituents is 2. The Bertz CT molecular complexity index is 7980. The molecule has 0 fully saturated rings. The molecule has 2 aromatic carbocycles. The molecule has 0 aliphatic carbocycles. The lowest BCUT2D eigenvalue weighted by Crippen LogP contribution is -2.15. The number of aromatic hydroxyl groups is 2. The van der Waals surface area contributed by atoms with E-state index in [9.17, 15) is 19.8 Å². The number of phenols is 2. The second-order valence-electron chi connectivity index (χ2n) is 18.1. The Balaban J connectivity index is -0.0000000105. The molecular weight excluding hydrogens is 1570 g/mol. The predicted molar refractivity (Wildman–Crippen MR) is 662 cm³/mol. The molecule has 0 spiro atoms. The van der Waals surface area contributed by atoms with Gasteiger partial charge in [0, 0.05) is 361 Å². The van der Waals surface area contributed by atoms with Crippen molar-refractivity contribution < 1.29 is 162 Å². The van der Waals surface area contributed by atoms with Crippen LogP contribution in [0, 0.1) is 524 Å². The van der Waals surface area contributed by atoms with Gasteiger partial charge in [0.2, 0.25) is 0 Å². The number of nitrogens with zero attached hydrogens (tertiary/aromatic N) is 6. The third kappa shape index (κ3) is 65.4. The highest BCUT2D eigenvalue weighted by molar-refractivity contribution is 5.78. The topological polar surface area (TPSA) is 176 Å². The number of benzene rings is 2. The summed E-state index contributed by atoms with van der Waals surface area (Å²) in [5.74, 6) is 195. The van der Waals surface area contributed by atoms with Gasteiger partial charge in [0.25, 0.3) is 0 Å². The number of aromatic nitrogens is 6. The molecule has 5 rings (SSSR count). The lowest BCUT2D eigenvalue weighted by molar-refractivity contribution is 0.141. The summed E-state index contributed by atoms with van der Waals surface area (Å²) < 4.78 is 19.4. The van der Waals surface area contributed by atoms with Gasteiger partial charge in [0.05, 0.1) is 6.61 Å². The Kier molecular flexibility index (Phi) is 62.3. The summed E-state index contributed by atoms with van der Waals surface area (Å²) in [5.41, 5.74) is 0.996. The summed E-state index contributed by atoms with van der Waals surface area (Å²) in [4.78, 5) is 34.5. The van der Waals surface area contributed by atoms with Crippen LogP contribution in [0.4, 0.5) is 9.59 Å². The molecule has 127 heavy (non-hydrogen) atoms. The number of aliphatic hydroxyl groups is 1. The van der Waals surface area contributed by atoms with E-state index in [0.717, 1.165) is 0 Å². The van der Waals surface area contributed by atoms with Crippen molar-refractivity contribution in [3.05, 3.63) is 104 Å². The van der Waals surface area contributed by atoms with Crippen molar-refractivity contribution in [2.45, 2.75) is 13.2 Å². The molecule has 0 radical (unpaired) electrons. The van der Waals surface area contributed by atoms with Crippen molar-refractivity contribution in [1.29, 1.82) is 0 Å². The van der Waals surface area contributed by atoms with Crippen LogP contribution in [0.3, 0.4) is 0 Å². The Hall–Kier alpha value is -25.0. The lowest BCUT2D eigenvalue weighted by Gasteiger charge is -2.07. The molecule has 0 unspecified atom stereocenters. The number of ether oxygens (including phenoxy) is 3. The van der Waals surface area contributed by atoms with Crippen LogP contribution in [0.25, 0.3) is 0 Å². The standard InChI is InChI=1S/C33H10N2O4.C29H8O3.2C22H2.C7H6N4O.86H2/c1-2-3-4-5-6-7-8-9-10-11-12-13-14-15-16-17-18-19-20-21-24-38-32-26-30(25-31(36)27-32)28-39-33(37)35-23-22-34-29-35;1-2-3-4-5-6-7-8-9-10-11-12-13-14-15-16-17-18-19-20-21-22-32-29-24-27(26-30)23-28(31)25-29;2*1-3-5-7-9-11-13-15-17-19-21-22-20-18-16-14-12-10-8-6-4-2;12-7(10-3-1-8-5-10)11-4-2-9-6-11;;;;;;;;;;;;;;;;;;;;;;;;;;;;;;;;;;;;;;;;;;;;;;;;;;;;;;;;;;;;;;;;;;;;;;;;;;;;;;;;;;;;;;/h1,22-23,25-27,29,36H,28H2;1,23-25,30-31H,26H2;2*1-2H;1-6H;86*1H. The van der Waals surface area contributed by atoms with E-state index in [4.69, 9.17) is 57.9 Å². The Morgan fingerprint density at radius 2 is 0.457 bits per heavy atom. The lowest BCUT2D eigenvalue weighted by atomic mass is 10.2. The molecular formula is C113H200N6O8. The highest BCUT2D eigenvalue weighted by Crippen LogP contribution is 2.23. The fourth-order valence-corrected chi connectivity index (χ4v) is 5.54. The van der Waals surface area contributed by atoms with E-state index < -0.39 is 6.09 Å². The molecule has 0 aliphatic heterocycles. The van der Waals surface area contributed by atoms with E-state index in [-0.39, 0.29) is 165 Å². The van der Waals surface area contributed by atoms with Crippen LogP contribution in [0.15, 0.2) is 92.6 Å². The zero-order chi connectivity index (χ0) is 91.6. The minimum Gasteiger partial charge on any atom is -0.508 e. The molecule has 0 amide bonds. The predicted octanol–water partition coefficient (Wildman–Crippen LogP) is 25.0. The van der Waals surface area contributed by atoms with Gasteiger partial charge in [-0.1, -0.05) is 0 Å². The summed E-state index contributed by atoms with van der Waals surface area (Å²) in [5, 5.41) is 28.3. The fourth-order valence-electron chi connectivity index (χ4n) is 5.54. The molecule has 3 aromatic heterocycles. The van der Waals surface area contributed by atoms with Gasteiger partial charge in [-0.3, -0.25) is 9.13 Å². The zero-order valence-corrected chi connectivity index (χ0v) is 64.6. The van der Waals surface area contributed by atoms with Gasteiger partial charge in [0.15, 0.2) is 0 Å². The van der Waals surface area contributed by atoms with E-state index in [1.165, 1.54) is 69.3 Å². The number of hydrogen-bond acceptors (Lipinski definition) is 11. The Labute approximate surface area is 867 Å². The molecule has 0 aliphatic rings. The number of terminal acetylenes is 6. The monoisotopic (exact) mass is 1770 g/mol. The first kappa shape index (κ1) is 100. The molecule has 14 heteroatoms. The summed E-state index contributed by atoms with van der Waals surface area (Å²) in [6, 6.07) is 8.46. The van der Waals surface area contributed by atoms with Crippen molar-refractivity contribution in [1.82, 2.24) is 28.7 Å². The van der Waals surface area contributed by atoms with E-state index in [2.05, 4.69) is 501 Å². The van der Waals surface area contributed by atoms with Gasteiger partial charge < -0.3 is 29.5 Å². The quantitative estimate of drug-likeness (QED) is 0.143. The minimum absolute atomic E-state index is 0. The van der Waals surface area contributed by atoms with Crippen molar-refractivity contribution in [2.75, 3.05) is 0 Å². The minimum atomic E-state index is -0.612. The second-order valence-corrected chi connectivity index (χ2v) is 18.1. The van der Waals surface area contributed by atoms with Gasteiger partial charge >= 0.3 is 12.1 Å². The normalized spacial score (nSPS) is 5.79. The van der Waals surface area contributed by atoms with Crippen LogP contribution in [0.5, 0.6) is 23.0 Å². The maximum absolute atomic E-state index is 11.8. The maximum atomic E-state index is 11.8. The molecule has 3 heterocycles. The number of imidazole rings is 3. The fraction of sp³-hybridized carbons (Fsp3) is 0.0177. The van der Waals surface area contributed by atoms with Crippen LogP contribution >= 0.6 is 0 Å². The highest BCUT2D eigenvalue weighted by atomic mass is 16.5. The van der Waals surface area contributed by atoms with Crippen LogP contribution in [0.2, 0.25) is 0 Å². The van der Waals surface area contributed by atoms with Gasteiger partial charge in [-0.15, -0.1) is 38.5 Å². The SMILES string of the molecule is C#CC#CC#CC#CC#CC#CC#CC#CC#CC#CC#C.C#CC#CC#CC#CC#CC#CC#CC#CC#CC#CC#C.C#CC#CC#CC#CC#CC#CC#CC#CC#CC#CC#COc1cc(O)cc(CO)c1.C#CC#CC#CC#CC#CC#CC#CC#CC#CC#CC#COc1cc(O)cc(COC(=O)n2ccnc2)c1.O=C(n1ccnc1)n1ccnc1.[HH].[HH].[HH].[HH].[HH].[HH].[HH].[HH].[HH].[HH].[HH].[HH].[HH].[HH].[HH].[HH].[HH].[HH].[HH].[HH].[HH].[HH].[HH].[HH].[HH].[HH].[HH].[HH].[HH].[HH].[HH].[HH].[HH].[HH].[HH].[HH].[HH].[HH].[HH].[HH].[HH].[HH].[HH].[HH].[HH].[HH].[HH].[HH].[HH].[HH].[HH].[HH].[HH].[HH].[HH].[HH].[HH].[HH].[HH].[HH].[HH].[HH].[HH].[HH].[HH].[HH].[HH].[HH].[HH].[HH].[HH].[HH].[HH].[HH].[HH].[HH].[HH].[HH].[HH].[HH].[HH].[HH].[HH].[HH].[HH].[HH]. The molecule has 5 aromatic rings. The zero-order valence-electron chi connectivity index (χ0n) is 64.6. The van der Waals surface area contributed by atoms with E-state index in [1.54, 1.807) is 36.9 Å². The highest BCUT2D eigenvalue weighted by Gasteiger charge is 2.08. The third-order valence-corrected chi connectivity index (χ3v) is 9.86. The van der Waals surface area contributed by atoms with Crippen LogP contribution in [0.1, 0.15) is 134 Å². The first-order valence-corrected chi connectivity index (χ1v) is 32.7. The van der Waals surface area contributed by atoms with Crippen LogP contribution < -0.4 is 9.47 Å². The van der Waals surface area contributed by atoms with Crippen LogP contribution in [-0.2, 0) is 18.0 Å². The van der Waals surface area contributed by atoms with E-state index in [0.29, 0.717) is 11.1 Å². The molecule has 0 saturated heterocycles. The van der Waals surface area contributed by atoms with Crippen molar-refractivity contribution >= 4 is 12.1 Å². The van der Waals surface area contributed by atoms with Crippen molar-refractivity contribution in [3.8, 4) is 547 Å². The Morgan fingerprint density at radius 3 is 0.654 bits per heavy atom.